The summed E-state index contributed by atoms with van der Waals surface area (Å²) in [4.78, 5) is 35.8. The molecule has 2 aliphatic rings. The Kier molecular flexibility index (Phi) is 6.14. The zero-order valence-electron chi connectivity index (χ0n) is 16.0. The van der Waals surface area contributed by atoms with Crippen LogP contribution >= 0.6 is 0 Å². The van der Waals surface area contributed by atoms with Gasteiger partial charge in [0, 0.05) is 12.1 Å². The Morgan fingerprint density at radius 3 is 2.44 bits per heavy atom. The second-order valence-electron chi connectivity index (χ2n) is 7.89. The molecule has 0 spiro atoms. The van der Waals surface area contributed by atoms with Crippen molar-refractivity contribution in [3.8, 4) is 0 Å². The molecule has 3 rings (SSSR count). The first-order chi connectivity index (χ1) is 12.9. The number of hydrogen-bond donors (Lipinski definition) is 2. The fourth-order valence-corrected chi connectivity index (χ4v) is 4.47. The van der Waals surface area contributed by atoms with Crippen LogP contribution in [-0.4, -0.2) is 30.9 Å². The van der Waals surface area contributed by atoms with Gasteiger partial charge in [-0.15, -0.1) is 0 Å². The standard InChI is InChI=1S/C21H28N2O4/c1-13-4-3-5-14(2)21(13)23-18(24)11-22-19(25)12-27-20(26)10-17-9-15-6-7-16(17)8-15/h3-5,15-17H,6-12H2,1-2H3,(H,22,25)(H,23,24)/t15-,16-,17+/m1/s1. The van der Waals surface area contributed by atoms with Crippen molar-refractivity contribution in [2.24, 2.45) is 17.8 Å². The fraction of sp³-hybridized carbons (Fsp3) is 0.571. The molecular formula is C21H28N2O4. The Morgan fingerprint density at radius 2 is 1.81 bits per heavy atom. The summed E-state index contributed by atoms with van der Waals surface area (Å²) in [5.41, 5.74) is 2.68. The van der Waals surface area contributed by atoms with Crippen LogP contribution in [0.4, 0.5) is 5.69 Å². The highest BCUT2D eigenvalue weighted by Gasteiger charge is 2.40. The number of benzene rings is 1. The lowest BCUT2D eigenvalue weighted by atomic mass is 9.86. The molecule has 146 valence electrons. The fourth-order valence-electron chi connectivity index (χ4n) is 4.47. The van der Waals surface area contributed by atoms with Crippen LogP contribution in [0.2, 0.25) is 0 Å². The molecule has 2 bridgehead atoms. The zero-order valence-corrected chi connectivity index (χ0v) is 16.0. The molecular weight excluding hydrogens is 344 g/mol. The van der Waals surface area contributed by atoms with E-state index in [2.05, 4.69) is 10.6 Å². The Bertz CT molecular complexity index is 711. The van der Waals surface area contributed by atoms with Gasteiger partial charge >= 0.3 is 5.97 Å². The Labute approximate surface area is 160 Å². The highest BCUT2D eigenvalue weighted by atomic mass is 16.5. The monoisotopic (exact) mass is 372 g/mol. The summed E-state index contributed by atoms with van der Waals surface area (Å²) in [6.45, 7) is 3.33. The minimum atomic E-state index is -0.465. The number of fused-ring (bicyclic) bond motifs is 2. The number of nitrogens with one attached hydrogen (secondary N) is 2. The van der Waals surface area contributed by atoms with Gasteiger partial charge < -0.3 is 15.4 Å². The Morgan fingerprint density at radius 1 is 1.07 bits per heavy atom. The van der Waals surface area contributed by atoms with Crippen molar-refractivity contribution < 1.29 is 19.1 Å². The smallest absolute Gasteiger partial charge is 0.306 e. The normalized spacial score (nSPS) is 23.1. The third-order valence-electron chi connectivity index (χ3n) is 5.87. The molecule has 6 heteroatoms. The quantitative estimate of drug-likeness (QED) is 0.721. The molecule has 1 aromatic carbocycles. The maximum Gasteiger partial charge on any atom is 0.306 e. The number of carbonyl (C=O) groups is 3. The van der Waals surface area contributed by atoms with E-state index in [9.17, 15) is 14.4 Å². The van der Waals surface area contributed by atoms with Gasteiger partial charge in [-0.1, -0.05) is 24.6 Å². The first-order valence-electron chi connectivity index (χ1n) is 9.70. The summed E-state index contributed by atoms with van der Waals surface area (Å²) >= 11 is 0. The number of amides is 2. The van der Waals surface area contributed by atoms with E-state index >= 15 is 0 Å². The molecule has 2 aliphatic carbocycles. The molecule has 2 saturated carbocycles. The van der Waals surface area contributed by atoms with E-state index in [1.54, 1.807) is 0 Å². The Hall–Kier alpha value is -2.37. The van der Waals surface area contributed by atoms with Crippen LogP contribution in [0.25, 0.3) is 0 Å². The minimum Gasteiger partial charge on any atom is -0.456 e. The lowest BCUT2D eigenvalue weighted by Crippen LogP contribution is -2.36. The van der Waals surface area contributed by atoms with Crippen LogP contribution < -0.4 is 10.6 Å². The van der Waals surface area contributed by atoms with Crippen molar-refractivity contribution in [1.82, 2.24) is 5.32 Å². The molecule has 3 atom stereocenters. The van der Waals surface area contributed by atoms with Crippen molar-refractivity contribution in [3.63, 3.8) is 0 Å². The zero-order chi connectivity index (χ0) is 19.4. The van der Waals surface area contributed by atoms with Crippen LogP contribution in [0.5, 0.6) is 0 Å². The molecule has 0 radical (unpaired) electrons. The van der Waals surface area contributed by atoms with Gasteiger partial charge in [0.15, 0.2) is 6.61 Å². The molecule has 0 unspecified atom stereocenters. The van der Waals surface area contributed by atoms with Gasteiger partial charge in [-0.3, -0.25) is 14.4 Å². The van der Waals surface area contributed by atoms with E-state index < -0.39 is 5.91 Å². The van der Waals surface area contributed by atoms with E-state index in [0.29, 0.717) is 18.3 Å². The third kappa shape index (κ3) is 5.08. The second-order valence-corrected chi connectivity index (χ2v) is 7.89. The maximum atomic E-state index is 12.0. The van der Waals surface area contributed by atoms with Gasteiger partial charge in [-0.25, -0.2) is 0 Å². The summed E-state index contributed by atoms with van der Waals surface area (Å²) in [5.74, 6) is 0.767. The number of ether oxygens (including phenoxy) is 1. The van der Waals surface area contributed by atoms with Crippen molar-refractivity contribution in [1.29, 1.82) is 0 Å². The number of para-hydroxylation sites is 1. The Balaban J connectivity index is 1.34. The highest BCUT2D eigenvalue weighted by Crippen LogP contribution is 2.49. The van der Waals surface area contributed by atoms with Gasteiger partial charge in [-0.2, -0.15) is 0 Å². The molecule has 2 fully saturated rings. The predicted molar refractivity (Wildman–Crippen MR) is 102 cm³/mol. The second kappa shape index (κ2) is 8.55. The molecule has 0 heterocycles. The number of esters is 1. The minimum absolute atomic E-state index is 0.156. The van der Waals surface area contributed by atoms with Crippen molar-refractivity contribution >= 4 is 23.5 Å². The van der Waals surface area contributed by atoms with Crippen LogP contribution in [0.1, 0.15) is 43.2 Å². The van der Waals surface area contributed by atoms with Crippen LogP contribution in [-0.2, 0) is 19.1 Å². The predicted octanol–water partition coefficient (Wildman–Crippen LogP) is 2.73. The van der Waals surface area contributed by atoms with Gasteiger partial charge in [-0.05, 0) is 62.0 Å². The highest BCUT2D eigenvalue weighted by molar-refractivity contribution is 5.96. The van der Waals surface area contributed by atoms with Crippen molar-refractivity contribution in [2.75, 3.05) is 18.5 Å². The first-order valence-corrected chi connectivity index (χ1v) is 9.70. The molecule has 0 saturated heterocycles. The number of carbonyl (C=O) groups excluding carboxylic acids is 3. The average Bonchev–Trinajstić information content (AvgIpc) is 3.24. The SMILES string of the molecule is Cc1cccc(C)c1NC(=O)CNC(=O)COC(=O)C[C@@H]1C[C@@H]2CC[C@@H]1C2. The molecule has 0 aliphatic heterocycles. The maximum absolute atomic E-state index is 12.0. The van der Waals surface area contributed by atoms with Gasteiger partial charge in [0.2, 0.25) is 5.91 Å². The van der Waals surface area contributed by atoms with E-state index in [1.165, 1.54) is 19.3 Å². The van der Waals surface area contributed by atoms with E-state index in [0.717, 1.165) is 29.2 Å². The lowest BCUT2D eigenvalue weighted by Gasteiger charge is -2.20. The average molecular weight is 372 g/mol. The summed E-state index contributed by atoms with van der Waals surface area (Å²) in [7, 11) is 0. The summed E-state index contributed by atoms with van der Waals surface area (Å²) in [6.07, 6.45) is 5.28. The molecule has 0 aromatic heterocycles. The molecule has 6 nitrogen and oxygen atoms in total. The van der Waals surface area contributed by atoms with E-state index in [1.807, 2.05) is 32.0 Å². The summed E-state index contributed by atoms with van der Waals surface area (Å²) in [6, 6.07) is 5.75. The number of aryl methyl sites for hydroxylation is 2. The number of hydrogen-bond acceptors (Lipinski definition) is 4. The molecule has 2 amide bonds. The van der Waals surface area contributed by atoms with E-state index in [-0.39, 0.29) is 25.0 Å². The van der Waals surface area contributed by atoms with Gasteiger partial charge in [0.1, 0.15) is 0 Å². The third-order valence-corrected chi connectivity index (χ3v) is 5.87. The molecule has 27 heavy (non-hydrogen) atoms. The molecule has 1 aromatic rings. The number of anilines is 1. The van der Waals surface area contributed by atoms with Crippen molar-refractivity contribution in [3.05, 3.63) is 29.3 Å². The topological polar surface area (TPSA) is 84.5 Å². The van der Waals surface area contributed by atoms with Crippen LogP contribution in [0.15, 0.2) is 18.2 Å². The van der Waals surface area contributed by atoms with E-state index in [4.69, 9.17) is 4.74 Å². The van der Waals surface area contributed by atoms with Crippen LogP contribution in [0, 0.1) is 31.6 Å². The first kappa shape index (κ1) is 19.4. The lowest BCUT2D eigenvalue weighted by molar-refractivity contribution is -0.149. The van der Waals surface area contributed by atoms with Crippen LogP contribution in [0.3, 0.4) is 0 Å². The van der Waals surface area contributed by atoms with Gasteiger partial charge in [0.05, 0.1) is 6.54 Å². The summed E-state index contributed by atoms with van der Waals surface area (Å²) in [5, 5.41) is 5.29. The molecule has 2 N–H and O–H groups in total. The van der Waals surface area contributed by atoms with Crippen molar-refractivity contribution in [2.45, 2.75) is 46.0 Å². The largest absolute Gasteiger partial charge is 0.456 e. The summed E-state index contributed by atoms with van der Waals surface area (Å²) < 4.78 is 5.08. The van der Waals surface area contributed by atoms with Gasteiger partial charge in [0.25, 0.3) is 5.91 Å². The number of rotatable bonds is 7.